The molecule has 5 heteroatoms. The summed E-state index contributed by atoms with van der Waals surface area (Å²) in [7, 11) is 3.07. The first-order valence-electron chi connectivity index (χ1n) is 7.06. The summed E-state index contributed by atoms with van der Waals surface area (Å²) < 4.78 is 0. The normalized spacial score (nSPS) is 12.8. The number of para-hydroxylation sites is 1. The largest absolute Gasteiger partial charge is 0.377 e. The van der Waals surface area contributed by atoms with Crippen LogP contribution in [-0.2, 0) is 0 Å². The second-order valence-electron chi connectivity index (χ2n) is 7.72. The fraction of sp³-hybridized carbons (Fsp3) is 0.600. The minimum atomic E-state index is -1.11. The van der Waals surface area contributed by atoms with Crippen molar-refractivity contribution in [1.82, 2.24) is 0 Å². The van der Waals surface area contributed by atoms with Gasteiger partial charge in [-0.25, -0.2) is 0 Å². The maximum absolute atomic E-state index is 2.54. The molecule has 1 aromatic rings. The predicted molar refractivity (Wildman–Crippen MR) is 105 cm³/mol. The molecule has 0 heterocycles. The molecule has 0 spiro atoms. The van der Waals surface area contributed by atoms with E-state index in [1.807, 2.05) is 0 Å². The van der Waals surface area contributed by atoms with Crippen LogP contribution in [0.2, 0.25) is 39.3 Å². The Morgan fingerprint density at radius 2 is 1.35 bits per heavy atom. The third kappa shape index (κ3) is 5.67. The van der Waals surface area contributed by atoms with Crippen LogP contribution in [0.5, 0.6) is 0 Å². The van der Waals surface area contributed by atoms with Crippen LogP contribution in [0.3, 0.4) is 0 Å². The van der Waals surface area contributed by atoms with Crippen molar-refractivity contribution in [1.29, 1.82) is 0 Å². The van der Waals surface area contributed by atoms with Crippen molar-refractivity contribution in [3.8, 4) is 0 Å². The number of benzene rings is 1. The van der Waals surface area contributed by atoms with Gasteiger partial charge in [-0.15, -0.1) is 0 Å². The first-order valence-corrected chi connectivity index (χ1v) is 15.3. The molecule has 1 rings (SSSR count). The summed E-state index contributed by atoms with van der Waals surface area (Å²) in [6.07, 6.45) is 0. The van der Waals surface area contributed by atoms with Gasteiger partial charge in [-0.05, 0) is 16.3 Å². The fourth-order valence-electron chi connectivity index (χ4n) is 2.87. The zero-order valence-corrected chi connectivity index (χ0v) is 19.4. The Hall–Kier alpha value is 0.427. The molecule has 112 valence electrons. The summed E-state index contributed by atoms with van der Waals surface area (Å²) in [5, 5.41) is 1.56. The standard InChI is InChI=1S/C15H30NPSi2.Ge/c1-16(2)13-11-9-10-12-14(13)17-15(18(3,4)5)19(6,7)8;/h9-12,15,17H,1-8H3;. The molecule has 4 radical (unpaired) electrons. The van der Waals surface area contributed by atoms with Crippen molar-refractivity contribution in [2.75, 3.05) is 19.0 Å². The van der Waals surface area contributed by atoms with Gasteiger partial charge < -0.3 is 4.90 Å². The molecule has 20 heavy (non-hydrogen) atoms. The SMILES string of the molecule is CN(C)c1ccccc1PC([Si](C)(C)C)[Si](C)(C)C.[Ge]. The third-order valence-corrected chi connectivity index (χ3v) is 19.2. The van der Waals surface area contributed by atoms with E-state index < -0.39 is 16.1 Å². The number of anilines is 1. The van der Waals surface area contributed by atoms with E-state index >= 15 is 0 Å². The van der Waals surface area contributed by atoms with Gasteiger partial charge in [-0.3, -0.25) is 0 Å². The number of rotatable bonds is 5. The zero-order chi connectivity index (χ0) is 14.8. The van der Waals surface area contributed by atoms with Gasteiger partial charge in [0.05, 0.1) is 0 Å². The Morgan fingerprint density at radius 1 is 0.900 bits per heavy atom. The molecule has 0 fully saturated rings. The second-order valence-corrected chi connectivity index (χ2v) is 21.5. The Kier molecular flexibility index (Phi) is 7.78. The van der Waals surface area contributed by atoms with Crippen LogP contribution in [-0.4, -0.2) is 52.7 Å². The van der Waals surface area contributed by atoms with Crippen LogP contribution in [0, 0.1) is 0 Å². The Morgan fingerprint density at radius 3 is 1.75 bits per heavy atom. The first kappa shape index (κ1) is 20.4. The van der Waals surface area contributed by atoms with Crippen molar-refractivity contribution >= 4 is 53.3 Å². The van der Waals surface area contributed by atoms with E-state index in [4.69, 9.17) is 0 Å². The van der Waals surface area contributed by atoms with Crippen LogP contribution in [0.1, 0.15) is 0 Å². The molecule has 0 N–H and O–H groups in total. The molecule has 0 saturated carbocycles. The average molecular weight is 384 g/mol. The summed E-state index contributed by atoms with van der Waals surface area (Å²) in [5.41, 5.74) is 1.40. The van der Waals surface area contributed by atoms with Crippen molar-refractivity contribution < 1.29 is 0 Å². The molecule has 1 aromatic carbocycles. The van der Waals surface area contributed by atoms with E-state index in [1.54, 1.807) is 5.30 Å². The molecule has 0 aliphatic carbocycles. The van der Waals surface area contributed by atoms with E-state index in [-0.39, 0.29) is 17.6 Å². The molecule has 1 unspecified atom stereocenters. The smallest absolute Gasteiger partial charge is 0.0492 e. The molecule has 0 bridgehead atoms. The van der Waals surface area contributed by atoms with E-state index in [0.29, 0.717) is 0 Å². The van der Waals surface area contributed by atoms with Gasteiger partial charge in [0.1, 0.15) is 0 Å². The Balaban J connectivity index is 0.00000361. The maximum Gasteiger partial charge on any atom is 0.0492 e. The molecule has 0 aliphatic rings. The number of nitrogens with zero attached hydrogens (tertiary/aromatic N) is 1. The van der Waals surface area contributed by atoms with Gasteiger partial charge in [0, 0.05) is 53.5 Å². The summed E-state index contributed by atoms with van der Waals surface area (Å²) in [6, 6.07) is 8.94. The fourth-order valence-corrected chi connectivity index (χ4v) is 18.6. The van der Waals surface area contributed by atoms with Crippen molar-refractivity contribution in [2.45, 2.75) is 44.2 Å². The number of hydrogen-bond acceptors (Lipinski definition) is 1. The summed E-state index contributed by atoms with van der Waals surface area (Å²) >= 11 is 0. The van der Waals surface area contributed by atoms with Gasteiger partial charge in [-0.2, -0.15) is 0 Å². The molecular weight excluding hydrogens is 354 g/mol. The van der Waals surface area contributed by atoms with E-state index in [9.17, 15) is 0 Å². The van der Waals surface area contributed by atoms with Gasteiger partial charge in [-0.1, -0.05) is 66.1 Å². The van der Waals surface area contributed by atoms with Crippen LogP contribution in [0.25, 0.3) is 0 Å². The third-order valence-electron chi connectivity index (χ3n) is 3.42. The monoisotopic (exact) mass is 385 g/mol. The summed E-state index contributed by atoms with van der Waals surface area (Å²) in [6.45, 7) is 15.3. The minimum absolute atomic E-state index is 0. The molecule has 0 saturated heterocycles. The predicted octanol–water partition coefficient (Wildman–Crippen LogP) is 3.80. The number of hydrogen-bond donors (Lipinski definition) is 0. The van der Waals surface area contributed by atoms with Crippen LogP contribution in [0.4, 0.5) is 5.69 Å². The zero-order valence-electron chi connectivity index (χ0n) is 14.3. The summed E-state index contributed by atoms with van der Waals surface area (Å²) in [4.78, 5) is 3.22. The molecule has 0 amide bonds. The molecule has 0 aromatic heterocycles. The molecular formula is C15H30GeNPSi2. The van der Waals surface area contributed by atoms with Gasteiger partial charge in [0.15, 0.2) is 0 Å². The van der Waals surface area contributed by atoms with E-state index in [1.165, 1.54) is 5.69 Å². The van der Waals surface area contributed by atoms with E-state index in [0.717, 1.165) is 13.5 Å². The quantitative estimate of drug-likeness (QED) is 0.552. The second kappa shape index (κ2) is 7.62. The molecule has 0 aliphatic heterocycles. The minimum Gasteiger partial charge on any atom is -0.377 e. The molecule has 1 nitrogen and oxygen atoms in total. The Labute approximate surface area is 140 Å². The van der Waals surface area contributed by atoms with E-state index in [2.05, 4.69) is 82.5 Å². The van der Waals surface area contributed by atoms with Gasteiger partial charge in [0.2, 0.25) is 0 Å². The van der Waals surface area contributed by atoms with Crippen molar-refractivity contribution in [3.05, 3.63) is 24.3 Å². The van der Waals surface area contributed by atoms with Crippen molar-refractivity contribution in [3.63, 3.8) is 0 Å². The first-order chi connectivity index (χ1) is 8.53. The Bertz CT molecular complexity index is 411. The molecule has 1 atom stereocenters. The topological polar surface area (TPSA) is 3.24 Å². The van der Waals surface area contributed by atoms with Crippen LogP contribution >= 0.6 is 8.58 Å². The van der Waals surface area contributed by atoms with Crippen molar-refractivity contribution in [2.24, 2.45) is 0 Å². The van der Waals surface area contributed by atoms with Crippen LogP contribution < -0.4 is 10.2 Å². The van der Waals surface area contributed by atoms with Crippen LogP contribution in [0.15, 0.2) is 24.3 Å². The van der Waals surface area contributed by atoms with Gasteiger partial charge >= 0.3 is 0 Å². The maximum atomic E-state index is 2.54. The average Bonchev–Trinajstić information content (AvgIpc) is 2.23. The van der Waals surface area contributed by atoms with Gasteiger partial charge in [0.25, 0.3) is 0 Å². The summed E-state index contributed by atoms with van der Waals surface area (Å²) in [5.74, 6) is 0.